The van der Waals surface area contributed by atoms with Crippen LogP contribution in [0.25, 0.3) is 5.69 Å². The van der Waals surface area contributed by atoms with Crippen LogP contribution in [0.5, 0.6) is 0 Å². The summed E-state index contributed by atoms with van der Waals surface area (Å²) in [5.41, 5.74) is 2.86. The van der Waals surface area contributed by atoms with Crippen molar-refractivity contribution in [3.63, 3.8) is 0 Å². The van der Waals surface area contributed by atoms with Crippen molar-refractivity contribution < 1.29 is 4.79 Å². The van der Waals surface area contributed by atoms with Crippen molar-refractivity contribution in [3.8, 4) is 5.69 Å². The first-order valence-corrected chi connectivity index (χ1v) is 8.63. The van der Waals surface area contributed by atoms with Gasteiger partial charge in [0.25, 0.3) is 0 Å². The quantitative estimate of drug-likeness (QED) is 0.701. The summed E-state index contributed by atoms with van der Waals surface area (Å²) < 4.78 is 1.86. The maximum absolute atomic E-state index is 12.1. The van der Waals surface area contributed by atoms with Crippen LogP contribution in [0.2, 0.25) is 5.02 Å². The molecule has 0 aliphatic rings. The summed E-state index contributed by atoms with van der Waals surface area (Å²) >= 11 is 7.16. The number of benzene rings is 2. The van der Waals surface area contributed by atoms with Gasteiger partial charge >= 0.3 is 0 Å². The van der Waals surface area contributed by atoms with Crippen LogP contribution in [-0.4, -0.2) is 26.4 Å². The second kappa shape index (κ2) is 7.51. The van der Waals surface area contributed by atoms with E-state index in [9.17, 15) is 4.79 Å². The molecule has 0 unspecified atom stereocenters. The first-order chi connectivity index (χ1) is 11.6. The highest BCUT2D eigenvalue weighted by atomic mass is 35.5. The number of anilines is 1. The lowest BCUT2D eigenvalue weighted by molar-refractivity contribution is -0.113. The molecular weight excluding hydrogens is 344 g/mol. The average molecular weight is 359 g/mol. The van der Waals surface area contributed by atoms with Crippen molar-refractivity contribution in [1.82, 2.24) is 14.8 Å². The third kappa shape index (κ3) is 4.15. The topological polar surface area (TPSA) is 59.8 Å². The Balaban J connectivity index is 1.63. The number of nitrogens with zero attached hydrogens (tertiary/aromatic N) is 3. The molecule has 3 rings (SSSR count). The predicted octanol–water partition coefficient (Wildman–Crippen LogP) is 3.96. The normalized spacial score (nSPS) is 10.6. The van der Waals surface area contributed by atoms with Crippen molar-refractivity contribution in [2.75, 3.05) is 11.1 Å². The molecule has 2 aromatic carbocycles. The third-order valence-electron chi connectivity index (χ3n) is 3.29. The Kier molecular flexibility index (Phi) is 5.17. The average Bonchev–Trinajstić information content (AvgIpc) is 3.04. The van der Waals surface area contributed by atoms with Gasteiger partial charge in [0.2, 0.25) is 5.91 Å². The molecule has 3 aromatic rings. The van der Waals surface area contributed by atoms with Gasteiger partial charge in [-0.25, -0.2) is 0 Å². The van der Waals surface area contributed by atoms with E-state index in [-0.39, 0.29) is 11.7 Å². The summed E-state index contributed by atoms with van der Waals surface area (Å²) in [5, 5.41) is 12.1. The summed E-state index contributed by atoms with van der Waals surface area (Å²) in [5.74, 6) is 0.133. The molecule has 1 aromatic heterocycles. The van der Waals surface area contributed by atoms with E-state index < -0.39 is 0 Å². The summed E-state index contributed by atoms with van der Waals surface area (Å²) in [6.45, 7) is 2.03. The molecule has 1 amide bonds. The molecule has 7 heteroatoms. The van der Waals surface area contributed by atoms with Crippen LogP contribution in [0.1, 0.15) is 5.56 Å². The smallest absolute Gasteiger partial charge is 0.234 e. The van der Waals surface area contributed by atoms with Gasteiger partial charge in [-0.15, -0.1) is 10.2 Å². The first-order valence-electron chi connectivity index (χ1n) is 7.27. The van der Waals surface area contributed by atoms with Gasteiger partial charge in [-0.3, -0.25) is 9.36 Å². The molecule has 122 valence electrons. The van der Waals surface area contributed by atoms with E-state index >= 15 is 0 Å². The Hall–Kier alpha value is -2.31. The van der Waals surface area contributed by atoms with Gasteiger partial charge in [-0.1, -0.05) is 41.1 Å². The Morgan fingerprint density at radius 3 is 2.58 bits per heavy atom. The first kappa shape index (κ1) is 16.5. The molecule has 0 spiro atoms. The molecule has 0 radical (unpaired) electrons. The van der Waals surface area contributed by atoms with Crippen molar-refractivity contribution in [1.29, 1.82) is 0 Å². The molecule has 0 aliphatic carbocycles. The van der Waals surface area contributed by atoms with Crippen molar-refractivity contribution in [2.45, 2.75) is 12.1 Å². The van der Waals surface area contributed by atoms with Gasteiger partial charge < -0.3 is 5.32 Å². The second-order valence-corrected chi connectivity index (χ2v) is 6.54. The van der Waals surface area contributed by atoms with Crippen molar-refractivity contribution in [2.24, 2.45) is 0 Å². The number of thioether (sulfide) groups is 1. The van der Waals surface area contributed by atoms with Gasteiger partial charge in [0.1, 0.15) is 6.33 Å². The number of rotatable bonds is 5. The van der Waals surface area contributed by atoms with Crippen LogP contribution in [0.3, 0.4) is 0 Å². The molecule has 1 N–H and O–H groups in total. The number of aromatic nitrogens is 3. The molecule has 0 saturated carbocycles. The molecule has 0 atom stereocenters. The lowest BCUT2D eigenvalue weighted by Crippen LogP contribution is -2.14. The predicted molar refractivity (Wildman–Crippen MR) is 96.9 cm³/mol. The molecule has 0 aliphatic heterocycles. The molecular formula is C17H15ClN4OS. The van der Waals surface area contributed by atoms with Gasteiger partial charge in [0.15, 0.2) is 5.16 Å². The zero-order chi connectivity index (χ0) is 16.9. The Morgan fingerprint density at radius 2 is 1.88 bits per heavy atom. The van der Waals surface area contributed by atoms with E-state index in [4.69, 9.17) is 11.6 Å². The summed E-state index contributed by atoms with van der Waals surface area (Å²) in [6.07, 6.45) is 1.64. The van der Waals surface area contributed by atoms with Crippen molar-refractivity contribution in [3.05, 3.63) is 65.4 Å². The number of carbonyl (C=O) groups is 1. The van der Waals surface area contributed by atoms with E-state index in [0.717, 1.165) is 5.69 Å². The van der Waals surface area contributed by atoms with Gasteiger partial charge in [-0.2, -0.15) is 0 Å². The molecule has 0 fully saturated rings. The van der Waals surface area contributed by atoms with E-state index in [0.29, 0.717) is 15.9 Å². The van der Waals surface area contributed by atoms with Crippen LogP contribution in [0.15, 0.2) is 60.0 Å². The lowest BCUT2D eigenvalue weighted by Gasteiger charge is -2.07. The second-order valence-electron chi connectivity index (χ2n) is 5.16. The molecule has 1 heterocycles. The van der Waals surface area contributed by atoms with Crippen molar-refractivity contribution >= 4 is 35.0 Å². The minimum absolute atomic E-state index is 0.110. The Labute approximate surface area is 149 Å². The fraction of sp³-hybridized carbons (Fsp3) is 0.118. The highest BCUT2D eigenvalue weighted by molar-refractivity contribution is 7.99. The maximum Gasteiger partial charge on any atom is 0.234 e. The number of aryl methyl sites for hydroxylation is 1. The highest BCUT2D eigenvalue weighted by Crippen LogP contribution is 2.20. The number of nitrogens with one attached hydrogen (secondary N) is 1. The molecule has 5 nitrogen and oxygen atoms in total. The lowest BCUT2D eigenvalue weighted by atomic mass is 10.2. The fourth-order valence-electron chi connectivity index (χ4n) is 2.07. The van der Waals surface area contributed by atoms with Gasteiger partial charge in [0.05, 0.1) is 5.75 Å². The van der Waals surface area contributed by atoms with Crippen LogP contribution in [0.4, 0.5) is 5.69 Å². The molecule has 24 heavy (non-hydrogen) atoms. The van der Waals surface area contributed by atoms with Gasteiger partial charge in [-0.05, 0) is 43.3 Å². The highest BCUT2D eigenvalue weighted by Gasteiger charge is 2.10. The van der Waals surface area contributed by atoms with Crippen LogP contribution in [-0.2, 0) is 4.79 Å². The Morgan fingerprint density at radius 1 is 1.17 bits per heavy atom. The SMILES string of the molecule is Cc1ccc(-n2cnnc2SCC(=O)Nc2ccc(Cl)cc2)cc1. The summed E-state index contributed by atoms with van der Waals surface area (Å²) in [4.78, 5) is 12.1. The minimum atomic E-state index is -0.110. The third-order valence-corrected chi connectivity index (χ3v) is 4.48. The number of hydrogen-bond acceptors (Lipinski definition) is 4. The molecule has 0 saturated heterocycles. The Bertz CT molecular complexity index is 831. The molecule has 0 bridgehead atoms. The van der Waals surface area contributed by atoms with E-state index in [1.165, 1.54) is 17.3 Å². The largest absolute Gasteiger partial charge is 0.325 e. The number of carbonyl (C=O) groups excluding carboxylic acids is 1. The zero-order valence-corrected chi connectivity index (χ0v) is 14.5. The van der Waals surface area contributed by atoms with Crippen LogP contribution >= 0.6 is 23.4 Å². The van der Waals surface area contributed by atoms with Gasteiger partial charge in [0, 0.05) is 16.4 Å². The van der Waals surface area contributed by atoms with E-state index in [1.807, 2.05) is 35.8 Å². The summed E-state index contributed by atoms with van der Waals surface area (Å²) in [7, 11) is 0. The number of hydrogen-bond donors (Lipinski definition) is 1. The van der Waals surface area contributed by atoms with Crippen LogP contribution < -0.4 is 5.32 Å². The standard InChI is InChI=1S/C17H15ClN4OS/c1-12-2-8-15(9-3-12)22-11-19-21-17(22)24-10-16(23)20-14-6-4-13(18)5-7-14/h2-9,11H,10H2,1H3,(H,20,23). The zero-order valence-electron chi connectivity index (χ0n) is 12.9. The van der Waals surface area contributed by atoms with E-state index in [1.54, 1.807) is 30.6 Å². The van der Waals surface area contributed by atoms with E-state index in [2.05, 4.69) is 15.5 Å². The number of halogens is 1. The maximum atomic E-state index is 12.1. The van der Waals surface area contributed by atoms with Crippen LogP contribution in [0, 0.1) is 6.92 Å². The monoisotopic (exact) mass is 358 g/mol. The minimum Gasteiger partial charge on any atom is -0.325 e. The summed E-state index contributed by atoms with van der Waals surface area (Å²) in [6, 6.07) is 15.0. The number of amides is 1. The fourth-order valence-corrected chi connectivity index (χ4v) is 2.92.